The van der Waals surface area contributed by atoms with Gasteiger partial charge < -0.3 is 10.2 Å². The van der Waals surface area contributed by atoms with E-state index in [4.69, 9.17) is 0 Å². The lowest BCUT2D eigenvalue weighted by Gasteiger charge is -2.33. The maximum atomic E-state index is 12.2. The molecule has 1 heterocycles. The van der Waals surface area contributed by atoms with E-state index in [9.17, 15) is 4.79 Å². The molecule has 0 bridgehead atoms. The molecule has 1 aromatic carbocycles. The third kappa shape index (κ3) is 3.57. The molecule has 0 saturated carbocycles. The third-order valence-electron chi connectivity index (χ3n) is 4.01. The summed E-state index contributed by atoms with van der Waals surface area (Å²) in [6.07, 6.45) is 2.17. The zero-order chi connectivity index (χ0) is 13.7. The number of carbonyl (C=O) groups is 1. The van der Waals surface area contributed by atoms with Gasteiger partial charge in [0.15, 0.2) is 0 Å². The Morgan fingerprint density at radius 3 is 2.53 bits per heavy atom. The van der Waals surface area contributed by atoms with Crippen molar-refractivity contribution in [2.45, 2.75) is 25.7 Å². The molecule has 0 aliphatic carbocycles. The number of nitrogens with zero attached hydrogens (tertiary/aromatic N) is 1. The first-order chi connectivity index (χ1) is 9.22. The van der Waals surface area contributed by atoms with Crippen LogP contribution in [0.2, 0.25) is 0 Å². The van der Waals surface area contributed by atoms with Crippen molar-refractivity contribution in [1.82, 2.24) is 10.2 Å². The molecule has 1 N–H and O–H groups in total. The van der Waals surface area contributed by atoms with Crippen LogP contribution >= 0.6 is 0 Å². The molecule has 104 valence electrons. The van der Waals surface area contributed by atoms with Gasteiger partial charge in [-0.2, -0.15) is 0 Å². The summed E-state index contributed by atoms with van der Waals surface area (Å²) in [4.78, 5) is 14.2. The van der Waals surface area contributed by atoms with Crippen LogP contribution in [0.3, 0.4) is 0 Å². The predicted molar refractivity (Wildman–Crippen MR) is 78.1 cm³/mol. The minimum Gasteiger partial charge on any atom is -0.342 e. The molecule has 1 amide bonds. The maximum Gasteiger partial charge on any atom is 0.226 e. The summed E-state index contributed by atoms with van der Waals surface area (Å²) < 4.78 is 0. The Labute approximate surface area is 116 Å². The van der Waals surface area contributed by atoms with Crippen molar-refractivity contribution >= 4 is 5.91 Å². The summed E-state index contributed by atoms with van der Waals surface area (Å²) in [5.41, 5.74) is 1.41. The number of benzene rings is 1. The van der Waals surface area contributed by atoms with Crippen molar-refractivity contribution in [2.24, 2.45) is 5.92 Å². The third-order valence-corrected chi connectivity index (χ3v) is 4.01. The zero-order valence-corrected chi connectivity index (χ0v) is 11.9. The summed E-state index contributed by atoms with van der Waals surface area (Å²) in [7, 11) is 1.89. The van der Waals surface area contributed by atoms with Gasteiger partial charge in [0.05, 0.1) is 0 Å². The second kappa shape index (κ2) is 6.71. The maximum absolute atomic E-state index is 12.2. The molecule has 1 fully saturated rings. The van der Waals surface area contributed by atoms with Crippen LogP contribution in [-0.2, 0) is 4.79 Å². The second-order valence-corrected chi connectivity index (χ2v) is 5.47. The average Bonchev–Trinajstić information content (AvgIpc) is 2.48. The van der Waals surface area contributed by atoms with E-state index in [0.717, 1.165) is 32.5 Å². The van der Waals surface area contributed by atoms with Crippen LogP contribution in [0.25, 0.3) is 0 Å². The van der Waals surface area contributed by atoms with E-state index in [1.165, 1.54) is 5.56 Å². The summed E-state index contributed by atoms with van der Waals surface area (Å²) in [5, 5.41) is 3.07. The monoisotopic (exact) mass is 260 g/mol. The van der Waals surface area contributed by atoms with Gasteiger partial charge in [-0.3, -0.25) is 4.79 Å². The minimum atomic E-state index is 0.0817. The van der Waals surface area contributed by atoms with E-state index in [0.29, 0.717) is 11.8 Å². The van der Waals surface area contributed by atoms with Gasteiger partial charge in [0.1, 0.15) is 0 Å². The molecule has 1 atom stereocenters. The molecule has 1 unspecified atom stereocenters. The fourth-order valence-corrected chi connectivity index (χ4v) is 2.86. The number of rotatable bonds is 4. The Morgan fingerprint density at radius 1 is 1.32 bits per heavy atom. The van der Waals surface area contributed by atoms with E-state index in [1.807, 2.05) is 18.9 Å². The van der Waals surface area contributed by atoms with Gasteiger partial charge in [0.25, 0.3) is 0 Å². The number of hydrogen-bond donors (Lipinski definition) is 1. The number of nitrogens with one attached hydrogen (secondary N) is 1. The highest BCUT2D eigenvalue weighted by Crippen LogP contribution is 2.28. The first-order valence-corrected chi connectivity index (χ1v) is 7.20. The van der Waals surface area contributed by atoms with E-state index in [-0.39, 0.29) is 5.92 Å². The van der Waals surface area contributed by atoms with Gasteiger partial charge >= 0.3 is 0 Å². The smallest absolute Gasteiger partial charge is 0.226 e. The number of carbonyl (C=O) groups excluding carboxylic acids is 1. The molecule has 1 saturated heterocycles. The Hall–Kier alpha value is -1.35. The molecule has 1 aromatic rings. The molecule has 3 heteroatoms. The van der Waals surface area contributed by atoms with Crippen LogP contribution in [0.5, 0.6) is 0 Å². The van der Waals surface area contributed by atoms with Gasteiger partial charge in [-0.1, -0.05) is 37.3 Å². The number of likely N-dealkylation sites (tertiary alicyclic amines) is 1. The van der Waals surface area contributed by atoms with Gasteiger partial charge in [0.2, 0.25) is 5.91 Å². The lowest BCUT2D eigenvalue weighted by atomic mass is 9.89. The van der Waals surface area contributed by atoms with Crippen LogP contribution in [0.4, 0.5) is 0 Å². The first kappa shape index (κ1) is 14.1. The standard InChI is InChI=1S/C16H24N2O/c1-13(12-17-2)16(19)18-10-8-15(9-11-18)14-6-4-3-5-7-14/h3-7,13,15,17H,8-12H2,1-2H3. The molecule has 19 heavy (non-hydrogen) atoms. The number of hydrogen-bond acceptors (Lipinski definition) is 2. The molecule has 2 rings (SSSR count). The molecule has 1 aliphatic heterocycles. The molecule has 0 spiro atoms. The summed E-state index contributed by atoms with van der Waals surface area (Å²) in [5.74, 6) is 0.990. The van der Waals surface area contributed by atoms with Gasteiger partial charge in [-0.05, 0) is 31.4 Å². The van der Waals surface area contributed by atoms with Crippen LogP contribution in [0.15, 0.2) is 30.3 Å². The quantitative estimate of drug-likeness (QED) is 0.900. The fourth-order valence-electron chi connectivity index (χ4n) is 2.86. The summed E-state index contributed by atoms with van der Waals surface area (Å²) >= 11 is 0. The van der Waals surface area contributed by atoms with Gasteiger partial charge in [-0.15, -0.1) is 0 Å². The van der Waals surface area contributed by atoms with E-state index in [1.54, 1.807) is 0 Å². The van der Waals surface area contributed by atoms with Gasteiger partial charge in [-0.25, -0.2) is 0 Å². The minimum absolute atomic E-state index is 0.0817. The Balaban J connectivity index is 1.87. The molecule has 0 aromatic heterocycles. The largest absolute Gasteiger partial charge is 0.342 e. The lowest BCUT2D eigenvalue weighted by molar-refractivity contribution is -0.135. The van der Waals surface area contributed by atoms with Crippen LogP contribution < -0.4 is 5.32 Å². The normalized spacial score (nSPS) is 18.3. The molecule has 3 nitrogen and oxygen atoms in total. The van der Waals surface area contributed by atoms with Crippen molar-refractivity contribution in [1.29, 1.82) is 0 Å². The van der Waals surface area contributed by atoms with Gasteiger partial charge in [0, 0.05) is 25.6 Å². The predicted octanol–water partition coefficient (Wildman–Crippen LogP) is 2.25. The SMILES string of the molecule is CNCC(C)C(=O)N1CCC(c2ccccc2)CC1. The summed E-state index contributed by atoms with van der Waals surface area (Å²) in [6, 6.07) is 10.7. The highest BCUT2D eigenvalue weighted by molar-refractivity contribution is 5.78. The van der Waals surface area contributed by atoms with Crippen LogP contribution in [-0.4, -0.2) is 37.5 Å². The van der Waals surface area contributed by atoms with Crippen molar-refractivity contribution < 1.29 is 4.79 Å². The highest BCUT2D eigenvalue weighted by atomic mass is 16.2. The molecular weight excluding hydrogens is 236 g/mol. The lowest BCUT2D eigenvalue weighted by Crippen LogP contribution is -2.42. The number of amides is 1. The van der Waals surface area contributed by atoms with Crippen molar-refractivity contribution in [3.63, 3.8) is 0 Å². The molecule has 1 aliphatic rings. The summed E-state index contributed by atoms with van der Waals surface area (Å²) in [6.45, 7) is 4.55. The number of piperidine rings is 1. The van der Waals surface area contributed by atoms with Crippen LogP contribution in [0.1, 0.15) is 31.2 Å². The Bertz CT molecular complexity index is 396. The van der Waals surface area contributed by atoms with Crippen molar-refractivity contribution in [3.8, 4) is 0 Å². The van der Waals surface area contributed by atoms with E-state index in [2.05, 4.69) is 35.6 Å². The first-order valence-electron chi connectivity index (χ1n) is 7.20. The fraction of sp³-hybridized carbons (Fsp3) is 0.562. The van der Waals surface area contributed by atoms with E-state index >= 15 is 0 Å². The second-order valence-electron chi connectivity index (χ2n) is 5.47. The highest BCUT2D eigenvalue weighted by Gasteiger charge is 2.26. The van der Waals surface area contributed by atoms with Crippen molar-refractivity contribution in [3.05, 3.63) is 35.9 Å². The zero-order valence-electron chi connectivity index (χ0n) is 11.9. The molecular formula is C16H24N2O. The average molecular weight is 260 g/mol. The Morgan fingerprint density at radius 2 is 1.95 bits per heavy atom. The van der Waals surface area contributed by atoms with E-state index < -0.39 is 0 Å². The Kier molecular flexibility index (Phi) is 4.97. The van der Waals surface area contributed by atoms with Crippen molar-refractivity contribution in [2.75, 3.05) is 26.7 Å². The topological polar surface area (TPSA) is 32.3 Å². The molecule has 0 radical (unpaired) electrons. The van der Waals surface area contributed by atoms with Crippen LogP contribution in [0, 0.1) is 5.92 Å².